The monoisotopic (exact) mass is 260 g/mol. The van der Waals surface area contributed by atoms with Crippen LogP contribution in [0.25, 0.3) is 21.9 Å². The van der Waals surface area contributed by atoms with Crippen LogP contribution >= 0.6 is 0 Å². The Labute approximate surface area is 121 Å². The molecule has 0 heterocycles. The van der Waals surface area contributed by atoms with Crippen LogP contribution in [0.4, 0.5) is 0 Å². The van der Waals surface area contributed by atoms with Gasteiger partial charge in [0.25, 0.3) is 0 Å². The number of fused-ring (bicyclic) bond motifs is 1. The van der Waals surface area contributed by atoms with Crippen LogP contribution in [-0.2, 0) is 0 Å². The summed E-state index contributed by atoms with van der Waals surface area (Å²) < 4.78 is 0. The zero-order chi connectivity index (χ0) is 14.3. The van der Waals surface area contributed by atoms with Crippen LogP contribution in [0.1, 0.15) is 22.3 Å². The molecule has 0 aliphatic rings. The molecule has 0 fully saturated rings. The maximum Gasteiger partial charge on any atom is -0.0120 e. The van der Waals surface area contributed by atoms with Crippen molar-refractivity contribution in [3.05, 3.63) is 70.8 Å². The highest BCUT2D eigenvalue weighted by molar-refractivity contribution is 5.88. The van der Waals surface area contributed by atoms with Gasteiger partial charge in [-0.3, -0.25) is 0 Å². The Morgan fingerprint density at radius 2 is 1.20 bits per heavy atom. The van der Waals surface area contributed by atoms with Crippen LogP contribution in [0.5, 0.6) is 0 Å². The van der Waals surface area contributed by atoms with Gasteiger partial charge in [0.2, 0.25) is 0 Å². The first-order valence-corrected chi connectivity index (χ1v) is 7.14. The van der Waals surface area contributed by atoms with Gasteiger partial charge in [-0.15, -0.1) is 0 Å². The third-order valence-electron chi connectivity index (χ3n) is 4.40. The molecule has 0 spiro atoms. The predicted molar refractivity (Wildman–Crippen MR) is 88.3 cm³/mol. The van der Waals surface area contributed by atoms with Crippen molar-refractivity contribution in [1.82, 2.24) is 0 Å². The second-order valence-electron chi connectivity index (χ2n) is 5.70. The summed E-state index contributed by atoms with van der Waals surface area (Å²) in [6.45, 7) is 8.86. The zero-order valence-electron chi connectivity index (χ0n) is 12.6. The van der Waals surface area contributed by atoms with Crippen LogP contribution in [0.15, 0.2) is 48.5 Å². The van der Waals surface area contributed by atoms with Gasteiger partial charge >= 0.3 is 0 Å². The molecule has 0 bridgehead atoms. The molecule has 0 saturated heterocycles. The Morgan fingerprint density at radius 1 is 0.600 bits per heavy atom. The lowest BCUT2D eigenvalue weighted by Gasteiger charge is -2.16. The average molecular weight is 260 g/mol. The van der Waals surface area contributed by atoms with Crippen LogP contribution in [0, 0.1) is 27.7 Å². The van der Waals surface area contributed by atoms with Gasteiger partial charge in [-0.25, -0.2) is 0 Å². The number of rotatable bonds is 1. The SMILES string of the molecule is Cc1cc(C)c(C)c(-c2ccc3ccccc3c2)c1C. The van der Waals surface area contributed by atoms with E-state index in [1.807, 2.05) is 0 Å². The lowest BCUT2D eigenvalue weighted by molar-refractivity contribution is 1.25. The quantitative estimate of drug-likeness (QED) is 0.523. The largest absolute Gasteiger partial charge is 0.0616 e. The lowest BCUT2D eigenvalue weighted by Crippen LogP contribution is -1.95. The fourth-order valence-electron chi connectivity index (χ4n) is 2.99. The Balaban J connectivity index is 2.30. The molecular formula is C20H20. The standard InChI is InChI=1S/C20H20/c1-13-11-14(2)16(4)20(15(13)3)19-10-9-17-7-5-6-8-18(17)12-19/h5-12H,1-4H3. The van der Waals surface area contributed by atoms with E-state index in [0.29, 0.717) is 0 Å². The Morgan fingerprint density at radius 3 is 1.85 bits per heavy atom. The van der Waals surface area contributed by atoms with E-state index in [4.69, 9.17) is 0 Å². The van der Waals surface area contributed by atoms with Crippen molar-refractivity contribution in [2.75, 3.05) is 0 Å². The summed E-state index contributed by atoms with van der Waals surface area (Å²) >= 11 is 0. The molecule has 0 aliphatic carbocycles. The average Bonchev–Trinajstić information content (AvgIpc) is 2.45. The zero-order valence-corrected chi connectivity index (χ0v) is 12.6. The van der Waals surface area contributed by atoms with Crippen LogP contribution in [0.2, 0.25) is 0 Å². The summed E-state index contributed by atoms with van der Waals surface area (Å²) in [5.74, 6) is 0. The second kappa shape index (κ2) is 4.79. The van der Waals surface area contributed by atoms with Gasteiger partial charge in [-0.05, 0) is 77.9 Å². The van der Waals surface area contributed by atoms with Gasteiger partial charge < -0.3 is 0 Å². The normalized spacial score (nSPS) is 11.0. The molecule has 0 amide bonds. The highest BCUT2D eigenvalue weighted by Crippen LogP contribution is 2.33. The van der Waals surface area contributed by atoms with Crippen molar-refractivity contribution in [2.24, 2.45) is 0 Å². The van der Waals surface area contributed by atoms with E-state index in [-0.39, 0.29) is 0 Å². The fourth-order valence-corrected chi connectivity index (χ4v) is 2.99. The van der Waals surface area contributed by atoms with Crippen molar-refractivity contribution in [1.29, 1.82) is 0 Å². The molecule has 0 saturated carbocycles. The van der Waals surface area contributed by atoms with E-state index < -0.39 is 0 Å². The topological polar surface area (TPSA) is 0 Å². The lowest BCUT2D eigenvalue weighted by atomic mass is 9.89. The first-order valence-electron chi connectivity index (χ1n) is 7.14. The summed E-state index contributed by atoms with van der Waals surface area (Å²) in [6.07, 6.45) is 0. The molecule has 0 N–H and O–H groups in total. The van der Waals surface area contributed by atoms with E-state index >= 15 is 0 Å². The Kier molecular flexibility index (Phi) is 3.10. The molecule has 100 valence electrons. The number of aryl methyl sites for hydroxylation is 2. The number of benzene rings is 3. The summed E-state index contributed by atoms with van der Waals surface area (Å²) in [5.41, 5.74) is 8.25. The number of hydrogen-bond acceptors (Lipinski definition) is 0. The van der Waals surface area contributed by atoms with Crippen LogP contribution < -0.4 is 0 Å². The van der Waals surface area contributed by atoms with Crippen molar-refractivity contribution in [2.45, 2.75) is 27.7 Å². The van der Waals surface area contributed by atoms with Gasteiger partial charge in [0.1, 0.15) is 0 Å². The van der Waals surface area contributed by atoms with Crippen LogP contribution in [-0.4, -0.2) is 0 Å². The van der Waals surface area contributed by atoms with E-state index in [2.05, 4.69) is 76.2 Å². The highest BCUT2D eigenvalue weighted by atomic mass is 14.1. The summed E-state index contributed by atoms with van der Waals surface area (Å²) in [6, 6.07) is 17.6. The first kappa shape index (κ1) is 12.9. The smallest absolute Gasteiger partial charge is 0.0120 e. The highest BCUT2D eigenvalue weighted by Gasteiger charge is 2.10. The van der Waals surface area contributed by atoms with Gasteiger partial charge in [-0.2, -0.15) is 0 Å². The molecule has 0 unspecified atom stereocenters. The molecule has 3 aromatic rings. The molecule has 0 radical (unpaired) electrons. The second-order valence-corrected chi connectivity index (χ2v) is 5.70. The van der Waals surface area contributed by atoms with E-state index in [1.54, 1.807) is 0 Å². The van der Waals surface area contributed by atoms with Crippen molar-refractivity contribution in [3.63, 3.8) is 0 Å². The molecule has 0 atom stereocenters. The predicted octanol–water partition coefficient (Wildman–Crippen LogP) is 5.74. The van der Waals surface area contributed by atoms with Crippen molar-refractivity contribution >= 4 is 10.8 Å². The third kappa shape index (κ3) is 2.02. The summed E-state index contributed by atoms with van der Waals surface area (Å²) in [5, 5.41) is 2.61. The van der Waals surface area contributed by atoms with Gasteiger partial charge in [0.05, 0.1) is 0 Å². The fraction of sp³-hybridized carbons (Fsp3) is 0.200. The molecule has 0 nitrogen and oxygen atoms in total. The van der Waals surface area contributed by atoms with Gasteiger partial charge in [0, 0.05) is 0 Å². The Hall–Kier alpha value is -2.08. The minimum Gasteiger partial charge on any atom is -0.0616 e. The molecule has 0 aromatic heterocycles. The maximum absolute atomic E-state index is 2.31. The minimum absolute atomic E-state index is 1.30. The van der Waals surface area contributed by atoms with E-state index in [0.717, 1.165) is 0 Å². The molecule has 3 rings (SSSR count). The summed E-state index contributed by atoms with van der Waals surface area (Å²) in [4.78, 5) is 0. The van der Waals surface area contributed by atoms with Gasteiger partial charge in [0.15, 0.2) is 0 Å². The van der Waals surface area contributed by atoms with E-state index in [9.17, 15) is 0 Å². The summed E-state index contributed by atoms with van der Waals surface area (Å²) in [7, 11) is 0. The first-order chi connectivity index (χ1) is 9.58. The van der Waals surface area contributed by atoms with Crippen molar-refractivity contribution in [3.8, 4) is 11.1 Å². The van der Waals surface area contributed by atoms with Crippen LogP contribution in [0.3, 0.4) is 0 Å². The molecule has 20 heavy (non-hydrogen) atoms. The minimum atomic E-state index is 1.30. The number of hydrogen-bond donors (Lipinski definition) is 0. The third-order valence-corrected chi connectivity index (χ3v) is 4.40. The molecule has 0 aliphatic heterocycles. The van der Waals surface area contributed by atoms with Gasteiger partial charge in [-0.1, -0.05) is 42.5 Å². The molecule has 3 aromatic carbocycles. The maximum atomic E-state index is 2.31. The van der Waals surface area contributed by atoms with Crippen molar-refractivity contribution < 1.29 is 0 Å². The molecule has 0 heteroatoms. The Bertz CT molecular complexity index is 768. The molecular weight excluding hydrogens is 240 g/mol. The van der Waals surface area contributed by atoms with E-state index in [1.165, 1.54) is 44.2 Å².